The summed E-state index contributed by atoms with van der Waals surface area (Å²) in [6.45, 7) is 2.36. The van der Waals surface area contributed by atoms with Crippen molar-refractivity contribution in [3.05, 3.63) is 18.2 Å². The Hall–Kier alpha value is -1.05. The third-order valence-electron chi connectivity index (χ3n) is 3.84. The number of nitrogens with zero attached hydrogens (tertiary/aromatic N) is 3. The number of imidazole rings is 1. The molecule has 0 bridgehead atoms. The topological polar surface area (TPSA) is 42.3 Å². The van der Waals surface area contributed by atoms with Crippen molar-refractivity contribution >= 4 is 0 Å². The van der Waals surface area contributed by atoms with Gasteiger partial charge in [0.2, 0.25) is 0 Å². The number of nitrogens with one attached hydrogen (secondary N) is 1. The molecular weight excluding hydrogens is 278 g/mol. The minimum atomic E-state index is -2.52. The summed E-state index contributed by atoms with van der Waals surface area (Å²) < 4.78 is 31.6. The minimum Gasteiger partial charge on any atom is -0.383 e. The van der Waals surface area contributed by atoms with E-state index < -0.39 is 6.55 Å². The Morgan fingerprint density at radius 2 is 2.38 bits per heavy atom. The highest BCUT2D eigenvalue weighted by Crippen LogP contribution is 2.19. The van der Waals surface area contributed by atoms with Crippen LogP contribution in [-0.2, 0) is 11.3 Å². The van der Waals surface area contributed by atoms with E-state index >= 15 is 0 Å². The first-order valence-electron chi connectivity index (χ1n) is 7.42. The fourth-order valence-corrected chi connectivity index (χ4v) is 2.79. The number of halogens is 2. The van der Waals surface area contributed by atoms with Crippen molar-refractivity contribution in [2.45, 2.75) is 25.9 Å². The summed E-state index contributed by atoms with van der Waals surface area (Å²) >= 11 is 0. The molecule has 1 fully saturated rings. The van der Waals surface area contributed by atoms with E-state index in [2.05, 4.69) is 15.2 Å². The van der Waals surface area contributed by atoms with Crippen LogP contribution < -0.4 is 5.32 Å². The molecule has 0 aliphatic carbocycles. The Kier molecular flexibility index (Phi) is 6.53. The molecule has 0 amide bonds. The molecule has 1 aromatic rings. The molecule has 1 saturated heterocycles. The first-order chi connectivity index (χ1) is 10.2. The molecule has 21 heavy (non-hydrogen) atoms. The van der Waals surface area contributed by atoms with E-state index in [9.17, 15) is 8.78 Å². The molecule has 0 saturated carbocycles. The van der Waals surface area contributed by atoms with E-state index in [1.54, 1.807) is 7.11 Å². The van der Waals surface area contributed by atoms with Gasteiger partial charge in [0.15, 0.2) is 0 Å². The van der Waals surface area contributed by atoms with Gasteiger partial charge in [-0.3, -0.25) is 9.47 Å². The quantitative estimate of drug-likeness (QED) is 0.743. The molecule has 7 heteroatoms. The van der Waals surface area contributed by atoms with Crippen molar-refractivity contribution in [2.75, 3.05) is 39.9 Å². The summed E-state index contributed by atoms with van der Waals surface area (Å²) in [6.07, 6.45) is 5.06. The van der Waals surface area contributed by atoms with Crippen molar-refractivity contribution in [1.82, 2.24) is 19.8 Å². The van der Waals surface area contributed by atoms with Gasteiger partial charge in [0, 0.05) is 32.6 Å². The molecule has 120 valence electrons. The normalized spacial score (nSPS) is 20.3. The second-order valence-electron chi connectivity index (χ2n) is 5.47. The maximum absolute atomic E-state index is 12.8. The average molecular weight is 302 g/mol. The van der Waals surface area contributed by atoms with Gasteiger partial charge in [-0.2, -0.15) is 8.78 Å². The fraction of sp³-hybridized carbons (Fsp3) is 0.786. The Morgan fingerprint density at radius 3 is 3.14 bits per heavy atom. The zero-order chi connectivity index (χ0) is 15.1. The van der Waals surface area contributed by atoms with Crippen LogP contribution >= 0.6 is 0 Å². The van der Waals surface area contributed by atoms with Crippen LogP contribution in [0.1, 0.15) is 25.2 Å². The molecule has 1 atom stereocenters. The number of piperidine rings is 1. The third kappa shape index (κ3) is 5.01. The summed E-state index contributed by atoms with van der Waals surface area (Å²) in [6, 6.07) is 0. The minimum absolute atomic E-state index is 0.443. The summed E-state index contributed by atoms with van der Waals surface area (Å²) in [5.41, 5.74) is 0. The lowest BCUT2D eigenvalue weighted by Gasteiger charge is -2.32. The molecule has 1 aromatic heterocycles. The molecular formula is C14H24F2N4O. The lowest BCUT2D eigenvalue weighted by Crippen LogP contribution is -2.40. The molecule has 0 aromatic carbocycles. The predicted octanol–water partition coefficient (Wildman–Crippen LogP) is 1.73. The molecule has 1 N–H and O–H groups in total. The number of aromatic nitrogens is 2. The highest BCUT2D eigenvalue weighted by molar-refractivity contribution is 4.93. The van der Waals surface area contributed by atoms with Gasteiger partial charge in [-0.15, -0.1) is 0 Å². The third-order valence-corrected chi connectivity index (χ3v) is 3.84. The average Bonchev–Trinajstić information content (AvgIpc) is 2.92. The Morgan fingerprint density at radius 1 is 1.52 bits per heavy atom. The van der Waals surface area contributed by atoms with Crippen molar-refractivity contribution < 1.29 is 13.5 Å². The number of alkyl halides is 2. The van der Waals surface area contributed by atoms with Crippen LogP contribution in [0.5, 0.6) is 0 Å². The number of hydrogen-bond donors (Lipinski definition) is 1. The molecule has 1 aliphatic rings. The van der Waals surface area contributed by atoms with Gasteiger partial charge in [0.05, 0.1) is 13.2 Å². The molecule has 0 spiro atoms. The molecule has 1 unspecified atom stereocenters. The van der Waals surface area contributed by atoms with Crippen molar-refractivity contribution in [1.29, 1.82) is 0 Å². The highest BCUT2D eigenvalue weighted by Gasteiger charge is 2.22. The van der Waals surface area contributed by atoms with Crippen molar-refractivity contribution in [2.24, 2.45) is 5.92 Å². The largest absolute Gasteiger partial charge is 0.383 e. The predicted molar refractivity (Wildman–Crippen MR) is 76.2 cm³/mol. The first kappa shape index (κ1) is 16.3. The number of methoxy groups -OCH3 is 1. The number of rotatable bonds is 8. The van der Waals surface area contributed by atoms with E-state index in [0.717, 1.165) is 37.2 Å². The molecule has 2 heterocycles. The number of hydrogen-bond acceptors (Lipinski definition) is 4. The van der Waals surface area contributed by atoms with Gasteiger partial charge in [0.25, 0.3) is 0 Å². The Balaban J connectivity index is 1.79. The fourth-order valence-electron chi connectivity index (χ4n) is 2.79. The zero-order valence-electron chi connectivity index (χ0n) is 12.5. The molecule has 0 radical (unpaired) electrons. The summed E-state index contributed by atoms with van der Waals surface area (Å²) in [5, 5.41) is 3.37. The van der Waals surface area contributed by atoms with Crippen molar-refractivity contribution in [3.8, 4) is 0 Å². The van der Waals surface area contributed by atoms with Crippen LogP contribution in [0, 0.1) is 5.92 Å². The van der Waals surface area contributed by atoms with E-state index in [1.165, 1.54) is 18.8 Å². The van der Waals surface area contributed by atoms with Crippen molar-refractivity contribution in [3.63, 3.8) is 0 Å². The van der Waals surface area contributed by atoms with Crippen LogP contribution in [0.4, 0.5) is 8.78 Å². The van der Waals surface area contributed by atoms with E-state index in [-0.39, 0.29) is 0 Å². The van der Waals surface area contributed by atoms with Gasteiger partial charge in [-0.25, -0.2) is 4.98 Å². The van der Waals surface area contributed by atoms with Crippen LogP contribution in [0.3, 0.4) is 0 Å². The Bertz CT molecular complexity index is 413. The second-order valence-corrected chi connectivity index (χ2v) is 5.47. The van der Waals surface area contributed by atoms with Gasteiger partial charge < -0.3 is 10.1 Å². The maximum Gasteiger partial charge on any atom is 0.319 e. The van der Waals surface area contributed by atoms with Gasteiger partial charge in [-0.1, -0.05) is 0 Å². The number of likely N-dealkylation sites (tertiary alicyclic amines) is 1. The highest BCUT2D eigenvalue weighted by atomic mass is 19.3. The first-order valence-corrected chi connectivity index (χ1v) is 7.42. The Labute approximate surface area is 124 Å². The van der Waals surface area contributed by atoms with E-state index in [1.807, 2.05) is 0 Å². The summed E-state index contributed by atoms with van der Waals surface area (Å²) in [7, 11) is 1.69. The number of ether oxygens (including phenoxy) is 1. The second kappa shape index (κ2) is 8.41. The summed E-state index contributed by atoms with van der Waals surface area (Å²) in [5.74, 6) is 1.00. The maximum atomic E-state index is 12.8. The summed E-state index contributed by atoms with van der Waals surface area (Å²) in [4.78, 5) is 6.27. The van der Waals surface area contributed by atoms with E-state index in [4.69, 9.17) is 4.74 Å². The lowest BCUT2D eigenvalue weighted by atomic mass is 9.98. The smallest absolute Gasteiger partial charge is 0.319 e. The lowest BCUT2D eigenvalue weighted by molar-refractivity contribution is 0.0618. The van der Waals surface area contributed by atoms with Crippen LogP contribution in [0.15, 0.2) is 12.4 Å². The molecule has 2 rings (SSSR count). The van der Waals surface area contributed by atoms with Crippen LogP contribution in [0.25, 0.3) is 0 Å². The SMILES string of the molecule is COCCNCC1CCCN(Cc2nccn2C(F)F)C1. The molecule has 5 nitrogen and oxygen atoms in total. The zero-order valence-corrected chi connectivity index (χ0v) is 12.5. The van der Waals surface area contributed by atoms with Gasteiger partial charge in [-0.05, 0) is 31.8 Å². The molecule has 1 aliphatic heterocycles. The van der Waals surface area contributed by atoms with Crippen LogP contribution in [0.2, 0.25) is 0 Å². The van der Waals surface area contributed by atoms with Crippen LogP contribution in [-0.4, -0.2) is 54.3 Å². The standard InChI is InChI=1S/C14H24F2N4O/c1-21-8-5-17-9-12-3-2-6-19(10-12)11-13-18-4-7-20(13)14(15)16/h4,7,12,14,17H,2-3,5-6,8-11H2,1H3. The monoisotopic (exact) mass is 302 g/mol. The van der Waals surface area contributed by atoms with E-state index in [0.29, 0.717) is 24.9 Å². The van der Waals surface area contributed by atoms with Gasteiger partial charge >= 0.3 is 6.55 Å². The van der Waals surface area contributed by atoms with Gasteiger partial charge in [0.1, 0.15) is 5.82 Å².